The zero-order chi connectivity index (χ0) is 14.9. The Morgan fingerprint density at radius 1 is 1.05 bits per heavy atom. The van der Waals surface area contributed by atoms with E-state index in [0.717, 1.165) is 0 Å². The second-order valence-electron chi connectivity index (χ2n) is 5.13. The molecule has 0 aliphatic heterocycles. The van der Waals surface area contributed by atoms with Crippen LogP contribution in [0.3, 0.4) is 0 Å². The van der Waals surface area contributed by atoms with E-state index in [1.807, 2.05) is 0 Å². The minimum atomic E-state index is -3.72. The van der Waals surface area contributed by atoms with Gasteiger partial charge in [-0.05, 0) is 38.5 Å². The SMILES string of the molecule is CC(C)(C)S(=O)(=O)NCc1ccc(S(N)(=O)=O)cc1. The number of sulfonamides is 2. The van der Waals surface area contributed by atoms with Crippen molar-refractivity contribution in [1.29, 1.82) is 0 Å². The van der Waals surface area contributed by atoms with Gasteiger partial charge in [-0.25, -0.2) is 26.7 Å². The van der Waals surface area contributed by atoms with Crippen molar-refractivity contribution in [2.45, 2.75) is 37.0 Å². The molecule has 0 atom stereocenters. The van der Waals surface area contributed by atoms with Gasteiger partial charge >= 0.3 is 0 Å². The largest absolute Gasteiger partial charge is 0.238 e. The van der Waals surface area contributed by atoms with E-state index in [4.69, 9.17) is 5.14 Å². The Morgan fingerprint density at radius 2 is 1.53 bits per heavy atom. The maximum absolute atomic E-state index is 11.8. The first-order chi connectivity index (χ1) is 8.43. The van der Waals surface area contributed by atoms with Crippen LogP contribution in [0.1, 0.15) is 26.3 Å². The second kappa shape index (κ2) is 5.20. The third kappa shape index (κ3) is 4.27. The Bertz CT molecular complexity index is 641. The molecule has 3 N–H and O–H groups in total. The molecule has 0 bridgehead atoms. The van der Waals surface area contributed by atoms with E-state index in [0.29, 0.717) is 5.56 Å². The predicted molar refractivity (Wildman–Crippen MR) is 73.3 cm³/mol. The van der Waals surface area contributed by atoms with Crippen LogP contribution in [-0.2, 0) is 26.6 Å². The highest BCUT2D eigenvalue weighted by Crippen LogP contribution is 2.14. The molecule has 0 amide bonds. The zero-order valence-electron chi connectivity index (χ0n) is 11.0. The first kappa shape index (κ1) is 16.1. The smallest absolute Gasteiger partial charge is 0.225 e. The summed E-state index contributed by atoms with van der Waals surface area (Å²) < 4.78 is 47.3. The molecule has 19 heavy (non-hydrogen) atoms. The van der Waals surface area contributed by atoms with Crippen molar-refractivity contribution in [3.05, 3.63) is 29.8 Å². The number of nitrogens with two attached hydrogens (primary N) is 1. The number of primary sulfonamides is 1. The van der Waals surface area contributed by atoms with Gasteiger partial charge in [-0.15, -0.1) is 0 Å². The zero-order valence-corrected chi connectivity index (χ0v) is 12.7. The Kier molecular flexibility index (Phi) is 4.40. The lowest BCUT2D eigenvalue weighted by atomic mass is 10.2. The molecule has 6 nitrogen and oxygen atoms in total. The number of rotatable bonds is 4. The third-order valence-corrected chi connectivity index (χ3v) is 5.59. The normalized spacial score (nSPS) is 13.5. The summed E-state index contributed by atoms with van der Waals surface area (Å²) in [5.74, 6) is 0. The van der Waals surface area contributed by atoms with Gasteiger partial charge in [0.25, 0.3) is 0 Å². The van der Waals surface area contributed by atoms with Gasteiger partial charge in [-0.3, -0.25) is 0 Å². The van der Waals surface area contributed by atoms with E-state index in [1.165, 1.54) is 24.3 Å². The van der Waals surface area contributed by atoms with E-state index >= 15 is 0 Å². The summed E-state index contributed by atoms with van der Waals surface area (Å²) in [4.78, 5) is -0.00470. The Hall–Kier alpha value is -0.960. The summed E-state index contributed by atoms with van der Waals surface area (Å²) >= 11 is 0. The molecule has 0 radical (unpaired) electrons. The third-order valence-electron chi connectivity index (χ3n) is 2.52. The van der Waals surface area contributed by atoms with Crippen LogP contribution in [0.5, 0.6) is 0 Å². The van der Waals surface area contributed by atoms with Crippen molar-refractivity contribution in [3.63, 3.8) is 0 Å². The van der Waals surface area contributed by atoms with Crippen molar-refractivity contribution >= 4 is 20.0 Å². The quantitative estimate of drug-likeness (QED) is 0.847. The van der Waals surface area contributed by atoms with Crippen molar-refractivity contribution in [2.75, 3.05) is 0 Å². The molecule has 1 aromatic rings. The second-order valence-corrected chi connectivity index (χ2v) is 9.21. The first-order valence-electron chi connectivity index (χ1n) is 5.54. The molecule has 108 valence electrons. The highest BCUT2D eigenvalue weighted by Gasteiger charge is 2.28. The molecule has 0 unspecified atom stereocenters. The van der Waals surface area contributed by atoms with Gasteiger partial charge in [0.1, 0.15) is 0 Å². The van der Waals surface area contributed by atoms with Crippen molar-refractivity contribution in [2.24, 2.45) is 5.14 Å². The maximum Gasteiger partial charge on any atom is 0.238 e. The van der Waals surface area contributed by atoms with Crippen LogP contribution < -0.4 is 9.86 Å². The number of nitrogens with one attached hydrogen (secondary N) is 1. The van der Waals surface area contributed by atoms with Crippen LogP contribution in [0.25, 0.3) is 0 Å². The van der Waals surface area contributed by atoms with Gasteiger partial charge in [0.2, 0.25) is 20.0 Å². The van der Waals surface area contributed by atoms with Gasteiger partial charge in [0.05, 0.1) is 9.64 Å². The average Bonchev–Trinajstić information content (AvgIpc) is 2.24. The highest BCUT2D eigenvalue weighted by atomic mass is 32.2. The lowest BCUT2D eigenvalue weighted by molar-refractivity contribution is 0.544. The average molecular weight is 306 g/mol. The molecular weight excluding hydrogens is 288 g/mol. The lowest BCUT2D eigenvalue weighted by Crippen LogP contribution is -2.38. The molecule has 0 fully saturated rings. The van der Waals surface area contributed by atoms with E-state index in [9.17, 15) is 16.8 Å². The molecule has 1 rings (SSSR count). The summed E-state index contributed by atoms with van der Waals surface area (Å²) in [5, 5.41) is 4.97. The summed E-state index contributed by atoms with van der Waals surface area (Å²) in [6.07, 6.45) is 0. The van der Waals surface area contributed by atoms with Gasteiger partial charge in [0, 0.05) is 6.54 Å². The fourth-order valence-corrected chi connectivity index (χ4v) is 2.50. The molecule has 0 saturated carbocycles. The van der Waals surface area contributed by atoms with Gasteiger partial charge < -0.3 is 0 Å². The van der Waals surface area contributed by atoms with E-state index in [1.54, 1.807) is 20.8 Å². The number of hydrogen-bond donors (Lipinski definition) is 2. The van der Waals surface area contributed by atoms with E-state index in [-0.39, 0.29) is 11.4 Å². The molecule has 0 heterocycles. The standard InChI is InChI=1S/C11H18N2O4S2/c1-11(2,3)19(16,17)13-8-9-4-6-10(7-5-9)18(12,14)15/h4-7,13H,8H2,1-3H3,(H2,12,14,15). The Morgan fingerprint density at radius 3 is 1.89 bits per heavy atom. The summed E-state index contributed by atoms with van der Waals surface area (Å²) in [6.45, 7) is 4.89. The summed E-state index contributed by atoms with van der Waals surface area (Å²) in [5.41, 5.74) is 0.653. The highest BCUT2D eigenvalue weighted by molar-refractivity contribution is 7.90. The van der Waals surface area contributed by atoms with Gasteiger partial charge in [-0.1, -0.05) is 12.1 Å². The summed E-state index contributed by atoms with van der Waals surface area (Å²) in [7, 11) is -7.15. The van der Waals surface area contributed by atoms with Crippen LogP contribution in [0.2, 0.25) is 0 Å². The fraction of sp³-hybridized carbons (Fsp3) is 0.455. The Balaban J connectivity index is 2.82. The molecule has 0 spiro atoms. The fourth-order valence-electron chi connectivity index (χ4n) is 1.19. The van der Waals surface area contributed by atoms with Crippen LogP contribution in [0, 0.1) is 0 Å². The van der Waals surface area contributed by atoms with E-state index < -0.39 is 24.8 Å². The first-order valence-corrected chi connectivity index (χ1v) is 8.57. The minimum Gasteiger partial charge on any atom is -0.225 e. The van der Waals surface area contributed by atoms with Gasteiger partial charge in [-0.2, -0.15) is 0 Å². The van der Waals surface area contributed by atoms with Crippen LogP contribution >= 0.6 is 0 Å². The van der Waals surface area contributed by atoms with E-state index in [2.05, 4.69) is 4.72 Å². The monoisotopic (exact) mass is 306 g/mol. The molecule has 0 aromatic heterocycles. The molecule has 0 aliphatic rings. The van der Waals surface area contributed by atoms with Crippen molar-refractivity contribution in [1.82, 2.24) is 4.72 Å². The molecule has 0 saturated heterocycles. The topological polar surface area (TPSA) is 106 Å². The minimum absolute atomic E-state index is 0.00470. The van der Waals surface area contributed by atoms with Crippen LogP contribution in [0.15, 0.2) is 29.2 Å². The van der Waals surface area contributed by atoms with Crippen molar-refractivity contribution in [3.8, 4) is 0 Å². The lowest BCUT2D eigenvalue weighted by Gasteiger charge is -2.19. The molecular formula is C11H18N2O4S2. The molecule has 8 heteroatoms. The van der Waals surface area contributed by atoms with Gasteiger partial charge in [0.15, 0.2) is 0 Å². The Labute approximate surface area is 114 Å². The number of benzene rings is 1. The van der Waals surface area contributed by atoms with Crippen LogP contribution in [-0.4, -0.2) is 21.6 Å². The maximum atomic E-state index is 11.8. The van der Waals surface area contributed by atoms with Crippen LogP contribution in [0.4, 0.5) is 0 Å². The number of hydrogen-bond acceptors (Lipinski definition) is 4. The van der Waals surface area contributed by atoms with Crippen molar-refractivity contribution < 1.29 is 16.8 Å². The molecule has 1 aromatic carbocycles. The summed E-state index contributed by atoms with van der Waals surface area (Å²) in [6, 6.07) is 5.72. The predicted octanol–water partition coefficient (Wildman–Crippen LogP) is 0.552. The molecule has 0 aliphatic carbocycles.